The van der Waals surface area contributed by atoms with Crippen molar-refractivity contribution in [2.75, 3.05) is 14.2 Å². The van der Waals surface area contributed by atoms with Crippen LogP contribution in [0.1, 0.15) is 28.4 Å². The third kappa shape index (κ3) is 4.32. The highest BCUT2D eigenvalue weighted by molar-refractivity contribution is 5.94. The van der Waals surface area contributed by atoms with Gasteiger partial charge in [0.2, 0.25) is 11.8 Å². The van der Waals surface area contributed by atoms with Crippen LogP contribution in [0.25, 0.3) is 11.1 Å². The van der Waals surface area contributed by atoms with Gasteiger partial charge in [-0.2, -0.15) is 0 Å². The Balaban J connectivity index is 1.53. The van der Waals surface area contributed by atoms with Gasteiger partial charge >= 0.3 is 0 Å². The molecule has 4 rings (SSSR count). The first-order valence-corrected chi connectivity index (χ1v) is 10.4. The van der Waals surface area contributed by atoms with Crippen LogP contribution in [0.4, 0.5) is 0 Å². The molecule has 2 amide bonds. The van der Waals surface area contributed by atoms with Gasteiger partial charge in [0.15, 0.2) is 17.1 Å². The average Bonchev–Trinajstić information content (AvgIpc) is 3.19. The van der Waals surface area contributed by atoms with Crippen LogP contribution in [-0.2, 0) is 17.8 Å². The van der Waals surface area contributed by atoms with Gasteiger partial charge in [0.1, 0.15) is 0 Å². The van der Waals surface area contributed by atoms with Crippen LogP contribution in [0, 0.1) is 0 Å². The van der Waals surface area contributed by atoms with Crippen LogP contribution in [0.2, 0.25) is 0 Å². The first-order valence-electron chi connectivity index (χ1n) is 10.4. The number of ether oxygens (including phenoxy) is 3. The monoisotopic (exact) mass is 447 g/mol. The van der Waals surface area contributed by atoms with Crippen LogP contribution in [-0.4, -0.2) is 36.6 Å². The molecular formula is C25H25N3O5. The van der Waals surface area contributed by atoms with E-state index in [1.807, 2.05) is 24.3 Å². The minimum atomic E-state index is -1.12. The molecule has 1 aliphatic heterocycles. The summed E-state index contributed by atoms with van der Waals surface area (Å²) in [6.45, 7) is 2.04. The van der Waals surface area contributed by atoms with Crippen LogP contribution in [0.3, 0.4) is 0 Å². The van der Waals surface area contributed by atoms with Crippen LogP contribution >= 0.6 is 0 Å². The van der Waals surface area contributed by atoms with Gasteiger partial charge in [-0.1, -0.05) is 18.2 Å². The summed E-state index contributed by atoms with van der Waals surface area (Å²) < 4.78 is 16.6. The fourth-order valence-corrected chi connectivity index (χ4v) is 3.92. The van der Waals surface area contributed by atoms with E-state index >= 15 is 0 Å². The van der Waals surface area contributed by atoms with Gasteiger partial charge in [0.05, 0.1) is 14.2 Å². The molecule has 3 N–H and O–H groups in total. The van der Waals surface area contributed by atoms with E-state index in [0.29, 0.717) is 35.9 Å². The number of nitrogens with zero attached hydrogens (tertiary/aromatic N) is 1. The number of rotatable bonds is 7. The summed E-state index contributed by atoms with van der Waals surface area (Å²) in [6.07, 6.45) is 1.96. The third-order valence-corrected chi connectivity index (χ3v) is 5.69. The molecule has 1 aromatic heterocycles. The van der Waals surface area contributed by atoms with Gasteiger partial charge in [0.25, 0.3) is 5.91 Å². The molecule has 1 unspecified atom stereocenters. The highest BCUT2D eigenvalue weighted by atomic mass is 16.5. The number of methoxy groups -OCH3 is 2. The van der Waals surface area contributed by atoms with Crippen molar-refractivity contribution in [1.82, 2.24) is 10.3 Å². The van der Waals surface area contributed by atoms with Crippen molar-refractivity contribution in [2.45, 2.75) is 25.5 Å². The fourth-order valence-electron chi connectivity index (χ4n) is 3.92. The Morgan fingerprint density at radius 1 is 1.12 bits per heavy atom. The van der Waals surface area contributed by atoms with Crippen molar-refractivity contribution in [3.05, 3.63) is 71.4 Å². The van der Waals surface area contributed by atoms with Crippen molar-refractivity contribution in [3.8, 4) is 28.5 Å². The Kier molecular flexibility index (Phi) is 5.91. The molecule has 33 heavy (non-hydrogen) atoms. The van der Waals surface area contributed by atoms with E-state index in [-0.39, 0.29) is 5.91 Å². The van der Waals surface area contributed by atoms with Gasteiger partial charge in [0, 0.05) is 30.3 Å². The molecule has 0 aliphatic carbocycles. The lowest BCUT2D eigenvalue weighted by Crippen LogP contribution is -2.47. The van der Waals surface area contributed by atoms with Crippen molar-refractivity contribution >= 4 is 11.8 Å². The number of pyridine rings is 1. The molecule has 3 aromatic rings. The lowest BCUT2D eigenvalue weighted by Gasteiger charge is -2.22. The van der Waals surface area contributed by atoms with E-state index in [4.69, 9.17) is 19.9 Å². The molecule has 0 saturated heterocycles. The number of hydrogen-bond donors (Lipinski definition) is 2. The van der Waals surface area contributed by atoms with E-state index in [2.05, 4.69) is 10.3 Å². The number of carbonyl (C=O) groups excluding carboxylic acids is 2. The second kappa shape index (κ2) is 8.82. The number of nitrogens with one attached hydrogen (secondary N) is 1. The van der Waals surface area contributed by atoms with Gasteiger partial charge in [-0.3, -0.25) is 9.59 Å². The van der Waals surface area contributed by atoms with E-state index in [1.54, 1.807) is 51.6 Å². The fraction of sp³-hybridized carbons (Fsp3) is 0.240. The minimum Gasteiger partial charge on any atom is -0.493 e. The largest absolute Gasteiger partial charge is 0.493 e. The predicted octanol–water partition coefficient (Wildman–Crippen LogP) is 2.87. The zero-order valence-corrected chi connectivity index (χ0v) is 18.7. The number of hydrogen-bond acceptors (Lipinski definition) is 6. The zero-order chi connectivity index (χ0) is 23.6. The number of carbonyl (C=O) groups is 2. The quantitative estimate of drug-likeness (QED) is 0.576. The van der Waals surface area contributed by atoms with Crippen LogP contribution in [0.5, 0.6) is 17.4 Å². The summed E-state index contributed by atoms with van der Waals surface area (Å²) in [6, 6.07) is 14.4. The summed E-state index contributed by atoms with van der Waals surface area (Å²) in [5.41, 5.74) is 8.04. The maximum Gasteiger partial charge on any atom is 0.264 e. The maximum absolute atomic E-state index is 13.1. The second-order valence-electron chi connectivity index (χ2n) is 7.97. The molecule has 8 nitrogen and oxygen atoms in total. The Bertz CT molecular complexity index is 1230. The SMILES string of the molecule is COc1ccc(CNC(=O)C2(C)Cc3c(-c4cccc(C(N)=O)c4)ccnc3O2)cc1OC. The number of nitrogens with two attached hydrogens (primary N) is 1. The lowest BCUT2D eigenvalue weighted by atomic mass is 9.92. The molecule has 1 atom stereocenters. The number of aromatic nitrogens is 1. The van der Waals surface area contributed by atoms with Gasteiger partial charge in [-0.25, -0.2) is 4.98 Å². The first-order chi connectivity index (χ1) is 15.8. The van der Waals surface area contributed by atoms with Crippen molar-refractivity contribution in [1.29, 1.82) is 0 Å². The van der Waals surface area contributed by atoms with Crippen molar-refractivity contribution in [3.63, 3.8) is 0 Å². The van der Waals surface area contributed by atoms with E-state index in [9.17, 15) is 9.59 Å². The summed E-state index contributed by atoms with van der Waals surface area (Å²) in [7, 11) is 3.14. The number of primary amides is 1. The van der Waals surface area contributed by atoms with E-state index in [0.717, 1.165) is 22.3 Å². The van der Waals surface area contributed by atoms with Gasteiger partial charge < -0.3 is 25.3 Å². The Morgan fingerprint density at radius 3 is 2.64 bits per heavy atom. The maximum atomic E-state index is 13.1. The first kappa shape index (κ1) is 22.1. The van der Waals surface area contributed by atoms with Gasteiger partial charge in [-0.05, 0) is 53.9 Å². The predicted molar refractivity (Wildman–Crippen MR) is 122 cm³/mol. The Labute approximate surface area is 191 Å². The van der Waals surface area contributed by atoms with E-state index < -0.39 is 11.5 Å². The molecule has 0 bridgehead atoms. The highest BCUT2D eigenvalue weighted by Gasteiger charge is 2.43. The van der Waals surface area contributed by atoms with Crippen LogP contribution < -0.4 is 25.3 Å². The summed E-state index contributed by atoms with van der Waals surface area (Å²) >= 11 is 0. The van der Waals surface area contributed by atoms with Gasteiger partial charge in [-0.15, -0.1) is 0 Å². The third-order valence-electron chi connectivity index (χ3n) is 5.69. The molecule has 0 radical (unpaired) electrons. The summed E-state index contributed by atoms with van der Waals surface area (Å²) in [5.74, 6) is 0.853. The second-order valence-corrected chi connectivity index (χ2v) is 7.97. The van der Waals surface area contributed by atoms with Crippen molar-refractivity contribution < 1.29 is 23.8 Å². The standard InChI is InChI=1S/C25H25N3O5/c1-25(24(30)28-14-15-7-8-20(31-2)21(11-15)32-3)13-19-18(9-10-27-23(19)33-25)16-5-4-6-17(12-16)22(26)29/h4-12H,13-14H2,1-3H3,(H2,26,29)(H,28,30). The molecule has 170 valence electrons. The molecule has 0 fully saturated rings. The molecule has 0 spiro atoms. The topological polar surface area (TPSA) is 113 Å². The number of amides is 2. The minimum absolute atomic E-state index is 0.257. The molecule has 8 heteroatoms. The van der Waals surface area contributed by atoms with Crippen molar-refractivity contribution in [2.24, 2.45) is 5.73 Å². The zero-order valence-electron chi connectivity index (χ0n) is 18.7. The normalized spacial score (nSPS) is 16.5. The smallest absolute Gasteiger partial charge is 0.264 e. The highest BCUT2D eigenvalue weighted by Crippen LogP contribution is 2.39. The molecule has 1 aliphatic rings. The lowest BCUT2D eigenvalue weighted by molar-refractivity contribution is -0.134. The summed E-state index contributed by atoms with van der Waals surface area (Å²) in [5, 5.41) is 2.94. The summed E-state index contributed by atoms with van der Waals surface area (Å²) in [4.78, 5) is 29.0. The molecule has 2 aromatic carbocycles. The van der Waals surface area contributed by atoms with E-state index in [1.165, 1.54) is 0 Å². The Morgan fingerprint density at radius 2 is 1.91 bits per heavy atom. The number of fused-ring (bicyclic) bond motifs is 1. The molecule has 0 saturated carbocycles. The molecule has 2 heterocycles. The number of benzene rings is 2. The Hall–Kier alpha value is -4.07. The average molecular weight is 447 g/mol. The van der Waals surface area contributed by atoms with Crippen LogP contribution in [0.15, 0.2) is 54.7 Å². The molecular weight excluding hydrogens is 422 g/mol.